The van der Waals surface area contributed by atoms with E-state index in [0.717, 1.165) is 41.2 Å². The number of thioether (sulfide) groups is 1. The molecule has 0 fully saturated rings. The molecule has 0 spiro atoms. The van der Waals surface area contributed by atoms with Crippen LogP contribution in [0.1, 0.15) is 45.1 Å². The largest absolute Gasteiger partial charge is 0.497 e. The molecule has 2 aromatic carbocycles. The van der Waals surface area contributed by atoms with Crippen LogP contribution in [0.3, 0.4) is 0 Å². The number of nitrogens with one attached hydrogen (secondary N) is 1. The summed E-state index contributed by atoms with van der Waals surface area (Å²) < 4.78 is 5.31. The quantitative estimate of drug-likeness (QED) is 0.304. The first-order chi connectivity index (χ1) is 15.4. The summed E-state index contributed by atoms with van der Waals surface area (Å²) in [5.74, 6) is 1.40. The van der Waals surface area contributed by atoms with Crippen LogP contribution in [0, 0.1) is 0 Å². The van der Waals surface area contributed by atoms with Gasteiger partial charge in [-0.3, -0.25) is 9.59 Å². The summed E-state index contributed by atoms with van der Waals surface area (Å²) in [6.45, 7) is 4.86. The smallest absolute Gasteiger partial charge is 0.242 e. The second-order valence-corrected chi connectivity index (χ2v) is 9.20. The average Bonchev–Trinajstić information content (AvgIpc) is 2.81. The molecule has 7 heteroatoms. The number of carbonyl (C=O) groups excluding carboxylic acids is 2. The lowest BCUT2D eigenvalue weighted by atomic mass is 10.1. The molecule has 0 aliphatic heterocycles. The van der Waals surface area contributed by atoms with Crippen LogP contribution in [-0.4, -0.2) is 42.2 Å². The number of rotatable bonds is 13. The van der Waals surface area contributed by atoms with Gasteiger partial charge in [0.2, 0.25) is 11.8 Å². The minimum atomic E-state index is -0.547. The van der Waals surface area contributed by atoms with Gasteiger partial charge in [0.1, 0.15) is 11.8 Å². The maximum absolute atomic E-state index is 13.1. The van der Waals surface area contributed by atoms with Crippen LogP contribution in [0.25, 0.3) is 0 Å². The first-order valence-electron chi connectivity index (χ1n) is 11.0. The molecule has 5 nitrogen and oxygen atoms in total. The van der Waals surface area contributed by atoms with Gasteiger partial charge in [-0.2, -0.15) is 0 Å². The third-order valence-corrected chi connectivity index (χ3v) is 6.45. The van der Waals surface area contributed by atoms with Crippen LogP contribution in [0.2, 0.25) is 5.02 Å². The first-order valence-corrected chi connectivity index (χ1v) is 12.4. The molecular formula is C25H33ClN2O3S. The molecule has 0 aliphatic rings. The molecule has 0 unspecified atom stereocenters. The lowest BCUT2D eigenvalue weighted by molar-refractivity contribution is -0.140. The van der Waals surface area contributed by atoms with Crippen molar-refractivity contribution in [3.05, 3.63) is 59.1 Å². The van der Waals surface area contributed by atoms with Crippen molar-refractivity contribution in [1.82, 2.24) is 10.2 Å². The van der Waals surface area contributed by atoms with Gasteiger partial charge >= 0.3 is 0 Å². The van der Waals surface area contributed by atoms with E-state index in [-0.39, 0.29) is 11.8 Å². The van der Waals surface area contributed by atoms with Gasteiger partial charge in [-0.25, -0.2) is 0 Å². The van der Waals surface area contributed by atoms with Crippen LogP contribution in [0.15, 0.2) is 53.4 Å². The average molecular weight is 477 g/mol. The van der Waals surface area contributed by atoms with E-state index in [0.29, 0.717) is 24.5 Å². The van der Waals surface area contributed by atoms with Crippen molar-refractivity contribution in [1.29, 1.82) is 0 Å². The van der Waals surface area contributed by atoms with Crippen molar-refractivity contribution >= 4 is 35.2 Å². The van der Waals surface area contributed by atoms with E-state index >= 15 is 0 Å². The van der Waals surface area contributed by atoms with Gasteiger partial charge in [-0.15, -0.1) is 11.8 Å². The number of hydrogen-bond acceptors (Lipinski definition) is 4. The number of unbranched alkanes of at least 4 members (excludes halogenated alkanes) is 1. The fourth-order valence-electron chi connectivity index (χ4n) is 3.17. The molecule has 2 aromatic rings. The molecule has 0 bridgehead atoms. The monoisotopic (exact) mass is 476 g/mol. The van der Waals surface area contributed by atoms with Gasteiger partial charge in [-0.05, 0) is 67.5 Å². The Hall–Kier alpha value is -2.18. The Morgan fingerprint density at radius 2 is 1.91 bits per heavy atom. The third-order valence-electron chi connectivity index (χ3n) is 5.10. The van der Waals surface area contributed by atoms with Crippen LogP contribution in [0.4, 0.5) is 0 Å². The summed E-state index contributed by atoms with van der Waals surface area (Å²) in [5, 5.41) is 3.66. The minimum absolute atomic E-state index is 0.0253. The molecule has 2 rings (SSSR count). The summed E-state index contributed by atoms with van der Waals surface area (Å²) in [7, 11) is 1.62. The van der Waals surface area contributed by atoms with E-state index < -0.39 is 6.04 Å². The van der Waals surface area contributed by atoms with Crippen molar-refractivity contribution in [3.63, 3.8) is 0 Å². The Morgan fingerprint density at radius 1 is 1.16 bits per heavy atom. The first kappa shape index (κ1) is 26.1. The predicted molar refractivity (Wildman–Crippen MR) is 132 cm³/mol. The topological polar surface area (TPSA) is 58.6 Å². The standard InChI is InChI=1S/C25H33ClN2O3S/c1-4-5-15-27-25(30)19(2)28(18-20-8-6-9-22(17-20)31-3)24(29)10-7-16-32-23-13-11-21(26)12-14-23/h6,8-9,11-14,17,19H,4-5,7,10,15-16,18H2,1-3H3,(H,27,30)/t19-/m1/s1. The number of halogens is 1. The predicted octanol–water partition coefficient (Wildman–Crippen LogP) is 5.55. The fraction of sp³-hybridized carbons (Fsp3) is 0.440. The molecule has 174 valence electrons. The number of ether oxygens (including phenoxy) is 1. The van der Waals surface area contributed by atoms with Crippen LogP contribution in [0.5, 0.6) is 5.75 Å². The molecule has 0 aromatic heterocycles. The zero-order valence-corrected chi connectivity index (χ0v) is 20.7. The lowest BCUT2D eigenvalue weighted by Crippen LogP contribution is -2.47. The van der Waals surface area contributed by atoms with E-state index in [4.69, 9.17) is 16.3 Å². The summed E-state index contributed by atoms with van der Waals surface area (Å²) >= 11 is 7.62. The van der Waals surface area contributed by atoms with Gasteiger partial charge in [0.25, 0.3) is 0 Å². The molecule has 0 radical (unpaired) electrons. The molecule has 32 heavy (non-hydrogen) atoms. The van der Waals surface area contributed by atoms with Crippen molar-refractivity contribution in [2.24, 2.45) is 0 Å². The maximum Gasteiger partial charge on any atom is 0.242 e. The molecule has 2 amide bonds. The summed E-state index contributed by atoms with van der Waals surface area (Å²) in [6.07, 6.45) is 3.04. The van der Waals surface area contributed by atoms with Crippen molar-refractivity contribution < 1.29 is 14.3 Å². The number of methoxy groups -OCH3 is 1. The highest BCUT2D eigenvalue weighted by atomic mass is 35.5. The third kappa shape index (κ3) is 8.75. The lowest BCUT2D eigenvalue weighted by Gasteiger charge is -2.29. The fourth-order valence-corrected chi connectivity index (χ4v) is 4.15. The molecule has 1 N–H and O–H groups in total. The van der Waals surface area contributed by atoms with Crippen molar-refractivity contribution in [2.75, 3.05) is 19.4 Å². The van der Waals surface area contributed by atoms with E-state index in [9.17, 15) is 9.59 Å². The van der Waals surface area contributed by atoms with Gasteiger partial charge in [0.05, 0.1) is 7.11 Å². The molecule has 0 heterocycles. The van der Waals surface area contributed by atoms with E-state index in [1.165, 1.54) is 0 Å². The van der Waals surface area contributed by atoms with Gasteiger partial charge in [-0.1, -0.05) is 37.1 Å². The second-order valence-electron chi connectivity index (χ2n) is 7.60. The molecule has 0 aliphatic carbocycles. The number of nitrogens with zero attached hydrogens (tertiary/aromatic N) is 1. The highest BCUT2D eigenvalue weighted by molar-refractivity contribution is 7.99. The van der Waals surface area contributed by atoms with Gasteiger partial charge < -0.3 is 15.0 Å². The Labute approximate surface area is 200 Å². The van der Waals surface area contributed by atoms with E-state index in [1.807, 2.05) is 48.5 Å². The van der Waals surface area contributed by atoms with Crippen molar-refractivity contribution in [3.8, 4) is 5.75 Å². The van der Waals surface area contributed by atoms with Crippen LogP contribution < -0.4 is 10.1 Å². The Balaban J connectivity index is 2.00. The van der Waals surface area contributed by atoms with E-state index in [1.54, 1.807) is 30.7 Å². The SMILES string of the molecule is CCCCNC(=O)[C@@H](C)N(Cc1cccc(OC)c1)C(=O)CCCSc1ccc(Cl)cc1. The minimum Gasteiger partial charge on any atom is -0.497 e. The van der Waals surface area contributed by atoms with E-state index in [2.05, 4.69) is 12.2 Å². The molecule has 1 atom stereocenters. The number of carbonyl (C=O) groups is 2. The zero-order chi connectivity index (χ0) is 23.3. The molecular weight excluding hydrogens is 444 g/mol. The zero-order valence-electron chi connectivity index (χ0n) is 19.1. The Kier molecular flexibility index (Phi) is 11.5. The Bertz CT molecular complexity index is 861. The normalized spacial score (nSPS) is 11.6. The molecule has 0 saturated carbocycles. The highest BCUT2D eigenvalue weighted by Crippen LogP contribution is 2.22. The number of amides is 2. The summed E-state index contributed by atoms with van der Waals surface area (Å²) in [5.41, 5.74) is 0.932. The Morgan fingerprint density at radius 3 is 2.59 bits per heavy atom. The van der Waals surface area contributed by atoms with Crippen LogP contribution in [-0.2, 0) is 16.1 Å². The number of hydrogen-bond donors (Lipinski definition) is 1. The maximum atomic E-state index is 13.1. The second kappa shape index (κ2) is 14.1. The molecule has 0 saturated heterocycles. The van der Waals surface area contributed by atoms with Gasteiger partial charge in [0.15, 0.2) is 0 Å². The summed E-state index contributed by atoms with van der Waals surface area (Å²) in [6, 6.07) is 14.7. The summed E-state index contributed by atoms with van der Waals surface area (Å²) in [4.78, 5) is 28.6. The highest BCUT2D eigenvalue weighted by Gasteiger charge is 2.25. The van der Waals surface area contributed by atoms with Gasteiger partial charge in [0, 0.05) is 29.4 Å². The van der Waals surface area contributed by atoms with Crippen LogP contribution >= 0.6 is 23.4 Å². The van der Waals surface area contributed by atoms with Crippen molar-refractivity contribution in [2.45, 2.75) is 57.0 Å². The number of benzene rings is 2.